The summed E-state index contributed by atoms with van der Waals surface area (Å²) in [5.41, 5.74) is 1.80. The SMILES string of the molecule is Cc1cc2occ(C(=O)NC(C(=O)N[C@@H]3C(=O)N4[C@@H]3SC(C)(C)[C@@H]4C(=O)O)c3ccccc3)c(=O)c2cc1C. The highest BCUT2D eigenvalue weighted by Crippen LogP contribution is 2.50. The number of amides is 3. The molecule has 0 aliphatic carbocycles. The zero-order valence-corrected chi connectivity index (χ0v) is 22.5. The molecule has 11 heteroatoms. The maximum Gasteiger partial charge on any atom is 0.327 e. The average Bonchev–Trinajstić information content (AvgIpc) is 3.15. The number of carboxylic acids is 1. The van der Waals surface area contributed by atoms with Gasteiger partial charge in [-0.1, -0.05) is 30.3 Å². The minimum absolute atomic E-state index is 0.250. The van der Waals surface area contributed by atoms with Gasteiger partial charge >= 0.3 is 5.97 Å². The molecule has 0 saturated carbocycles. The van der Waals surface area contributed by atoms with Crippen LogP contribution in [0.2, 0.25) is 0 Å². The molecule has 2 aliphatic heterocycles. The first-order chi connectivity index (χ1) is 18.4. The van der Waals surface area contributed by atoms with E-state index < -0.39 is 57.4 Å². The lowest BCUT2D eigenvalue weighted by Crippen LogP contribution is -2.71. The fourth-order valence-corrected chi connectivity index (χ4v) is 6.70. The second-order valence-electron chi connectivity index (χ2n) is 10.3. The Hall–Kier alpha value is -4.12. The lowest BCUT2D eigenvalue weighted by molar-refractivity contribution is -0.161. The number of aliphatic carboxylic acids is 1. The molecule has 0 spiro atoms. The lowest BCUT2D eigenvalue weighted by atomic mass is 9.95. The number of benzene rings is 2. The number of nitrogens with one attached hydrogen (secondary N) is 2. The topological polar surface area (TPSA) is 146 Å². The second-order valence-corrected chi connectivity index (χ2v) is 12.1. The number of fused-ring (bicyclic) bond motifs is 2. The smallest absolute Gasteiger partial charge is 0.327 e. The summed E-state index contributed by atoms with van der Waals surface area (Å²) in [5, 5.41) is 14.6. The molecule has 1 unspecified atom stereocenters. The molecule has 39 heavy (non-hydrogen) atoms. The summed E-state index contributed by atoms with van der Waals surface area (Å²) in [5.74, 6) is -3.09. The van der Waals surface area contributed by atoms with Gasteiger partial charge in [-0.25, -0.2) is 4.79 Å². The van der Waals surface area contributed by atoms with E-state index in [1.165, 1.54) is 16.7 Å². The molecule has 4 atom stereocenters. The van der Waals surface area contributed by atoms with E-state index in [0.29, 0.717) is 11.1 Å². The summed E-state index contributed by atoms with van der Waals surface area (Å²) >= 11 is 1.30. The van der Waals surface area contributed by atoms with Crippen molar-refractivity contribution in [3.63, 3.8) is 0 Å². The molecule has 3 N–H and O–H groups in total. The predicted molar refractivity (Wildman–Crippen MR) is 144 cm³/mol. The number of hydrogen-bond acceptors (Lipinski definition) is 7. The van der Waals surface area contributed by atoms with Gasteiger partial charge in [-0.3, -0.25) is 19.2 Å². The Morgan fingerprint density at radius 2 is 1.74 bits per heavy atom. The number of carbonyl (C=O) groups excluding carboxylic acids is 3. The van der Waals surface area contributed by atoms with Gasteiger partial charge in [-0.15, -0.1) is 11.8 Å². The van der Waals surface area contributed by atoms with Gasteiger partial charge in [-0.05, 0) is 56.5 Å². The summed E-state index contributed by atoms with van der Waals surface area (Å²) in [7, 11) is 0. The number of hydrogen-bond donors (Lipinski definition) is 3. The summed E-state index contributed by atoms with van der Waals surface area (Å²) in [6.45, 7) is 7.22. The van der Waals surface area contributed by atoms with Crippen LogP contribution in [0.1, 0.15) is 46.9 Å². The van der Waals surface area contributed by atoms with Crippen LogP contribution in [0.5, 0.6) is 0 Å². The van der Waals surface area contributed by atoms with Crippen LogP contribution in [0.3, 0.4) is 0 Å². The quantitative estimate of drug-likeness (QED) is 0.398. The number of aryl methyl sites for hydroxylation is 2. The molecule has 202 valence electrons. The van der Waals surface area contributed by atoms with Crippen molar-refractivity contribution in [2.24, 2.45) is 0 Å². The Labute approximate surface area is 227 Å². The van der Waals surface area contributed by atoms with Crippen LogP contribution in [0.15, 0.2) is 57.9 Å². The van der Waals surface area contributed by atoms with Crippen molar-refractivity contribution in [1.82, 2.24) is 15.5 Å². The van der Waals surface area contributed by atoms with Gasteiger partial charge in [0.15, 0.2) is 0 Å². The molecule has 0 bridgehead atoms. The maximum atomic E-state index is 13.5. The van der Waals surface area contributed by atoms with Gasteiger partial charge in [-0.2, -0.15) is 0 Å². The molecule has 3 amide bonds. The Balaban J connectivity index is 1.41. The number of carboxylic acid groups (broad SMARTS) is 1. The number of thioether (sulfide) groups is 1. The van der Waals surface area contributed by atoms with Crippen molar-refractivity contribution < 1.29 is 28.7 Å². The molecule has 0 radical (unpaired) electrons. The van der Waals surface area contributed by atoms with Gasteiger partial charge in [0, 0.05) is 4.75 Å². The standard InChI is InChI=1S/C28H27N3O7S/c1-13-10-16-18(11-14(13)2)38-12-17(21(16)32)23(33)29-19(15-8-6-5-7-9-15)24(34)30-20-25(35)31-22(27(36)37)28(3,4)39-26(20)31/h5-12,19-20,22,26H,1-4H3,(H,29,33)(H,30,34)(H,36,37)/t19?,20-,22+,26-/m1/s1. The summed E-state index contributed by atoms with van der Waals surface area (Å²) in [6, 6.07) is 8.61. The number of rotatable bonds is 6. The first kappa shape index (κ1) is 26.5. The molecular weight excluding hydrogens is 522 g/mol. The lowest BCUT2D eigenvalue weighted by Gasteiger charge is -2.44. The third kappa shape index (κ3) is 4.46. The van der Waals surface area contributed by atoms with Crippen LogP contribution < -0.4 is 16.1 Å². The highest BCUT2D eigenvalue weighted by molar-refractivity contribution is 8.01. The fourth-order valence-electron chi connectivity index (χ4n) is 5.08. The van der Waals surface area contributed by atoms with Crippen LogP contribution in [-0.2, 0) is 14.4 Å². The Morgan fingerprint density at radius 1 is 1.08 bits per heavy atom. The Bertz CT molecular complexity index is 1580. The number of β-lactam (4-membered cyclic amide) rings is 1. The predicted octanol–water partition coefficient (Wildman–Crippen LogP) is 2.51. The molecule has 1 aromatic heterocycles. The van der Waals surface area contributed by atoms with Crippen LogP contribution in [-0.4, -0.2) is 55.9 Å². The molecule has 3 aromatic rings. The van der Waals surface area contributed by atoms with E-state index in [-0.39, 0.29) is 10.9 Å². The largest absolute Gasteiger partial charge is 0.480 e. The van der Waals surface area contributed by atoms with E-state index in [2.05, 4.69) is 10.6 Å². The highest BCUT2D eigenvalue weighted by atomic mass is 32.2. The molecular formula is C28H27N3O7S. The maximum absolute atomic E-state index is 13.5. The Morgan fingerprint density at radius 3 is 2.41 bits per heavy atom. The molecule has 3 heterocycles. The molecule has 2 aromatic carbocycles. The molecule has 10 nitrogen and oxygen atoms in total. The first-order valence-corrected chi connectivity index (χ1v) is 13.2. The minimum Gasteiger partial charge on any atom is -0.480 e. The van der Waals surface area contributed by atoms with Crippen LogP contribution >= 0.6 is 11.8 Å². The zero-order chi connectivity index (χ0) is 28.2. The van der Waals surface area contributed by atoms with E-state index in [9.17, 15) is 29.1 Å². The summed E-state index contributed by atoms with van der Waals surface area (Å²) in [4.78, 5) is 65.9. The van der Waals surface area contributed by atoms with Gasteiger partial charge in [0.2, 0.25) is 17.2 Å². The van der Waals surface area contributed by atoms with E-state index >= 15 is 0 Å². The zero-order valence-electron chi connectivity index (χ0n) is 21.7. The average molecular weight is 550 g/mol. The Kier molecular flexibility index (Phi) is 6.50. The third-order valence-electron chi connectivity index (χ3n) is 7.28. The van der Waals surface area contributed by atoms with Crippen molar-refractivity contribution in [3.8, 4) is 0 Å². The van der Waals surface area contributed by atoms with Gasteiger partial charge in [0.1, 0.15) is 40.9 Å². The third-order valence-corrected chi connectivity index (χ3v) is 8.85. The number of nitrogens with zero attached hydrogens (tertiary/aromatic N) is 1. The van der Waals surface area contributed by atoms with Crippen LogP contribution in [0, 0.1) is 13.8 Å². The van der Waals surface area contributed by atoms with Crippen molar-refractivity contribution in [3.05, 3.63) is 81.2 Å². The van der Waals surface area contributed by atoms with E-state index in [1.807, 2.05) is 13.8 Å². The first-order valence-electron chi connectivity index (χ1n) is 12.3. The van der Waals surface area contributed by atoms with Gasteiger partial charge in [0.05, 0.1) is 5.39 Å². The summed E-state index contributed by atoms with van der Waals surface area (Å²) in [6.07, 6.45) is 1.07. The normalized spacial score (nSPS) is 22.1. The second kappa shape index (κ2) is 9.57. The number of carbonyl (C=O) groups is 4. The van der Waals surface area contributed by atoms with Crippen molar-refractivity contribution in [2.75, 3.05) is 0 Å². The monoisotopic (exact) mass is 549 g/mol. The van der Waals surface area contributed by atoms with Crippen molar-refractivity contribution in [2.45, 2.75) is 55.9 Å². The minimum atomic E-state index is -1.23. The van der Waals surface area contributed by atoms with E-state index in [1.54, 1.807) is 56.3 Å². The van der Waals surface area contributed by atoms with Crippen molar-refractivity contribution in [1.29, 1.82) is 0 Å². The molecule has 2 fully saturated rings. The van der Waals surface area contributed by atoms with E-state index in [0.717, 1.165) is 17.4 Å². The van der Waals surface area contributed by atoms with E-state index in [4.69, 9.17) is 4.42 Å². The fraction of sp³-hybridized carbons (Fsp3) is 0.321. The molecule has 2 aliphatic rings. The van der Waals surface area contributed by atoms with Gasteiger partial charge < -0.3 is 25.1 Å². The van der Waals surface area contributed by atoms with Gasteiger partial charge in [0.25, 0.3) is 5.91 Å². The summed E-state index contributed by atoms with van der Waals surface area (Å²) < 4.78 is 4.82. The molecule has 5 rings (SSSR count). The van der Waals surface area contributed by atoms with Crippen LogP contribution in [0.4, 0.5) is 0 Å². The molecule has 2 saturated heterocycles. The van der Waals surface area contributed by atoms with Crippen LogP contribution in [0.25, 0.3) is 11.0 Å². The van der Waals surface area contributed by atoms with Crippen molar-refractivity contribution >= 4 is 46.4 Å². The highest BCUT2D eigenvalue weighted by Gasteiger charge is 2.64.